The van der Waals surface area contributed by atoms with Gasteiger partial charge in [-0.3, -0.25) is 28.9 Å². The highest BCUT2D eigenvalue weighted by Gasteiger charge is 2.33. The molecule has 44 heavy (non-hydrogen) atoms. The van der Waals surface area contributed by atoms with Crippen molar-refractivity contribution in [3.63, 3.8) is 0 Å². The zero-order valence-corrected chi connectivity index (χ0v) is 26.0. The van der Waals surface area contributed by atoms with Crippen LogP contribution in [0.3, 0.4) is 0 Å². The number of methoxy groups -OCH3 is 1. The van der Waals surface area contributed by atoms with Crippen LogP contribution in [0.4, 0.5) is 0 Å². The number of amides is 5. The van der Waals surface area contributed by atoms with Gasteiger partial charge in [0.15, 0.2) is 0 Å². The largest absolute Gasteiger partial charge is 0.378 e. The second-order valence-electron chi connectivity index (χ2n) is 11.1. The minimum absolute atomic E-state index is 0.0111. The van der Waals surface area contributed by atoms with E-state index in [-0.39, 0.29) is 43.5 Å². The Labute approximate surface area is 257 Å². The maximum Gasteiger partial charge on any atom is 0.357 e. The van der Waals surface area contributed by atoms with Crippen molar-refractivity contribution in [2.24, 2.45) is 0 Å². The quantitative estimate of drug-likeness (QED) is 0.220. The number of rotatable bonds is 16. The van der Waals surface area contributed by atoms with Crippen LogP contribution in [-0.2, 0) is 48.7 Å². The molecule has 0 spiro atoms. The molecule has 0 saturated carbocycles. The number of hydrogen-bond donors (Lipinski definition) is 1. The molecule has 3 rings (SSSR count). The molecule has 1 fully saturated rings. The standard InChI is InChI=1S/C32H41N3O9/c1-6-31(3,42-5)16-19-43-32(4,7-2)24-10-8-22(9-11-24)23(21-30(41)44-35-28(39)14-15-29(35)40)20-25(36)33-17-18-34-26(37)12-13-27(34)38/h8-13,21H,6-7,14-20H2,1-5H3,(H,33,36)/b23-21+. The van der Waals surface area contributed by atoms with Crippen molar-refractivity contribution in [3.8, 4) is 0 Å². The Morgan fingerprint density at radius 2 is 1.57 bits per heavy atom. The van der Waals surface area contributed by atoms with E-state index in [9.17, 15) is 28.8 Å². The molecule has 5 amide bonds. The maximum absolute atomic E-state index is 12.9. The first-order chi connectivity index (χ1) is 20.8. The number of hydroxylamine groups is 2. The lowest BCUT2D eigenvalue weighted by atomic mass is 9.90. The van der Waals surface area contributed by atoms with Gasteiger partial charge in [-0.1, -0.05) is 38.1 Å². The highest BCUT2D eigenvalue weighted by Crippen LogP contribution is 2.32. The average Bonchev–Trinajstić information content (AvgIpc) is 3.50. The summed E-state index contributed by atoms with van der Waals surface area (Å²) >= 11 is 0. The van der Waals surface area contributed by atoms with Crippen LogP contribution in [0.15, 0.2) is 42.5 Å². The van der Waals surface area contributed by atoms with E-state index >= 15 is 0 Å². The number of benzene rings is 1. The highest BCUT2D eigenvalue weighted by molar-refractivity contribution is 6.12. The smallest absolute Gasteiger partial charge is 0.357 e. The maximum atomic E-state index is 12.9. The van der Waals surface area contributed by atoms with E-state index < -0.39 is 41.1 Å². The van der Waals surface area contributed by atoms with Gasteiger partial charge in [-0.05, 0) is 49.8 Å². The fourth-order valence-electron chi connectivity index (χ4n) is 4.69. The van der Waals surface area contributed by atoms with Crippen LogP contribution in [0.1, 0.15) is 77.3 Å². The van der Waals surface area contributed by atoms with Crippen molar-refractivity contribution in [2.75, 3.05) is 26.8 Å². The van der Waals surface area contributed by atoms with Gasteiger partial charge in [0.25, 0.3) is 23.6 Å². The van der Waals surface area contributed by atoms with E-state index in [4.69, 9.17) is 14.3 Å². The van der Waals surface area contributed by atoms with Crippen molar-refractivity contribution in [1.29, 1.82) is 0 Å². The first-order valence-electron chi connectivity index (χ1n) is 14.7. The summed E-state index contributed by atoms with van der Waals surface area (Å²) in [6.45, 7) is 8.61. The van der Waals surface area contributed by atoms with Gasteiger partial charge in [-0.2, -0.15) is 0 Å². The Morgan fingerprint density at radius 1 is 0.955 bits per heavy atom. The van der Waals surface area contributed by atoms with Gasteiger partial charge in [-0.15, -0.1) is 5.06 Å². The molecular formula is C32H41N3O9. The number of carbonyl (C=O) groups is 6. The molecule has 2 aliphatic rings. The molecule has 1 N–H and O–H groups in total. The molecule has 2 heterocycles. The van der Waals surface area contributed by atoms with Crippen molar-refractivity contribution in [3.05, 3.63) is 53.6 Å². The van der Waals surface area contributed by atoms with Gasteiger partial charge in [0, 0.05) is 51.3 Å². The molecule has 238 valence electrons. The molecular weight excluding hydrogens is 570 g/mol. The summed E-state index contributed by atoms with van der Waals surface area (Å²) in [6.07, 6.45) is 5.28. The van der Waals surface area contributed by atoms with Gasteiger partial charge in [0.05, 0.1) is 24.2 Å². The minimum atomic E-state index is -0.987. The van der Waals surface area contributed by atoms with Gasteiger partial charge in [0.2, 0.25) is 5.91 Å². The summed E-state index contributed by atoms with van der Waals surface area (Å²) in [5.74, 6) is -3.63. The van der Waals surface area contributed by atoms with Crippen LogP contribution in [-0.4, -0.2) is 77.9 Å². The van der Waals surface area contributed by atoms with E-state index in [1.165, 1.54) is 0 Å². The summed E-state index contributed by atoms with van der Waals surface area (Å²) < 4.78 is 12.0. The van der Waals surface area contributed by atoms with E-state index in [1.807, 2.05) is 32.9 Å². The van der Waals surface area contributed by atoms with Gasteiger partial charge in [0.1, 0.15) is 0 Å². The topological polar surface area (TPSA) is 149 Å². The molecule has 12 nitrogen and oxygen atoms in total. The summed E-state index contributed by atoms with van der Waals surface area (Å²) in [6, 6.07) is 7.22. The van der Waals surface area contributed by atoms with Crippen LogP contribution in [0, 0.1) is 0 Å². The van der Waals surface area contributed by atoms with E-state index in [0.717, 1.165) is 41.5 Å². The third kappa shape index (κ3) is 8.70. The Kier molecular flexibility index (Phi) is 11.7. The first kappa shape index (κ1) is 34.3. The molecule has 2 unspecified atom stereocenters. The molecule has 1 saturated heterocycles. The lowest BCUT2D eigenvalue weighted by Crippen LogP contribution is -2.38. The normalized spacial score (nSPS) is 18.1. The molecule has 2 atom stereocenters. The van der Waals surface area contributed by atoms with Gasteiger partial charge < -0.3 is 19.6 Å². The summed E-state index contributed by atoms with van der Waals surface area (Å²) in [7, 11) is 1.69. The first-order valence-corrected chi connectivity index (χ1v) is 14.7. The van der Waals surface area contributed by atoms with Crippen LogP contribution >= 0.6 is 0 Å². The zero-order chi connectivity index (χ0) is 32.5. The molecule has 0 radical (unpaired) electrons. The van der Waals surface area contributed by atoms with Crippen molar-refractivity contribution < 1.29 is 43.1 Å². The second-order valence-corrected chi connectivity index (χ2v) is 11.1. The van der Waals surface area contributed by atoms with Crippen LogP contribution in [0.2, 0.25) is 0 Å². The number of imide groups is 2. The molecule has 2 aliphatic heterocycles. The van der Waals surface area contributed by atoms with E-state index in [0.29, 0.717) is 23.7 Å². The minimum Gasteiger partial charge on any atom is -0.378 e. The Bertz CT molecular complexity index is 1300. The van der Waals surface area contributed by atoms with E-state index in [2.05, 4.69) is 12.2 Å². The number of ether oxygens (including phenoxy) is 2. The lowest BCUT2D eigenvalue weighted by molar-refractivity contribution is -0.193. The van der Waals surface area contributed by atoms with Crippen molar-refractivity contribution in [2.45, 2.75) is 77.4 Å². The zero-order valence-electron chi connectivity index (χ0n) is 26.0. The second kappa shape index (κ2) is 15.0. The van der Waals surface area contributed by atoms with Crippen LogP contribution < -0.4 is 5.32 Å². The number of hydrogen-bond acceptors (Lipinski definition) is 9. The molecule has 1 aromatic carbocycles. The SMILES string of the molecule is CCC(C)(CCOC(C)(CC)c1ccc(/C(=C/C(=O)ON2C(=O)CCC2=O)CC(=O)NCCN2C(=O)C=CC2=O)cc1)OC. The summed E-state index contributed by atoms with van der Waals surface area (Å²) in [5, 5.41) is 3.09. The summed E-state index contributed by atoms with van der Waals surface area (Å²) in [4.78, 5) is 79.0. The predicted molar refractivity (Wildman–Crippen MR) is 159 cm³/mol. The average molecular weight is 612 g/mol. The molecule has 0 aliphatic carbocycles. The number of nitrogens with zero attached hydrogens (tertiary/aromatic N) is 2. The Hall–Kier alpha value is -4.16. The van der Waals surface area contributed by atoms with Crippen molar-refractivity contribution >= 4 is 41.1 Å². The monoisotopic (exact) mass is 611 g/mol. The fraction of sp³-hybridized carbons (Fsp3) is 0.500. The predicted octanol–water partition coefficient (Wildman–Crippen LogP) is 2.96. The van der Waals surface area contributed by atoms with Crippen LogP contribution in [0.5, 0.6) is 0 Å². The third-order valence-corrected chi connectivity index (χ3v) is 8.22. The summed E-state index contributed by atoms with van der Waals surface area (Å²) in [5.41, 5.74) is 0.814. The highest BCUT2D eigenvalue weighted by atomic mass is 16.7. The Balaban J connectivity index is 1.76. The number of carbonyl (C=O) groups excluding carboxylic acids is 6. The molecule has 12 heteroatoms. The van der Waals surface area contributed by atoms with Gasteiger partial charge in [-0.25, -0.2) is 4.79 Å². The third-order valence-electron chi connectivity index (χ3n) is 8.22. The lowest BCUT2D eigenvalue weighted by Gasteiger charge is -2.33. The molecule has 0 aromatic heterocycles. The van der Waals surface area contributed by atoms with E-state index in [1.54, 1.807) is 19.2 Å². The molecule has 1 aromatic rings. The van der Waals surface area contributed by atoms with Gasteiger partial charge >= 0.3 is 5.97 Å². The van der Waals surface area contributed by atoms with Crippen molar-refractivity contribution in [1.82, 2.24) is 15.3 Å². The fourth-order valence-corrected chi connectivity index (χ4v) is 4.69. The number of nitrogens with one attached hydrogen (secondary N) is 1. The van der Waals surface area contributed by atoms with Crippen LogP contribution in [0.25, 0.3) is 5.57 Å². The Morgan fingerprint density at radius 3 is 2.11 bits per heavy atom. The molecule has 0 bridgehead atoms.